The van der Waals surface area contributed by atoms with E-state index in [1.807, 2.05) is 0 Å². The summed E-state index contributed by atoms with van der Waals surface area (Å²) >= 11 is 0. The van der Waals surface area contributed by atoms with E-state index in [1.54, 1.807) is 0 Å². The lowest BCUT2D eigenvalue weighted by molar-refractivity contribution is 0.493. The van der Waals surface area contributed by atoms with Gasteiger partial charge in [-0.15, -0.1) is 0 Å². The normalized spacial score (nSPS) is 13.6. The SMILES string of the molecule is CC(C)(C)c1ccc(-c2cccc(-c3ccc(C(C)(C)C)cc3)c2N2c3cc4c(cc3B3c5ccccc5N(c5ccccc5)c5c3c2cc2oc3ccccc3c52)B2c3ccccc3Oc3c2c(cc2oc5ccccc5c32)N4c2ccccc2-c2ccccc2)cc1. The van der Waals surface area contributed by atoms with Crippen molar-refractivity contribution in [1.29, 1.82) is 0 Å². The lowest BCUT2D eigenvalue weighted by atomic mass is 9.30. The van der Waals surface area contributed by atoms with E-state index in [2.05, 4.69) is 329 Å². The smallest absolute Gasteiger partial charge is 0.256 e. The molecule has 6 heterocycles. The Morgan fingerprint density at radius 2 is 0.798 bits per heavy atom. The standard InChI is InChI=1S/C86H63B2N3O3/c1-85(2,3)55-44-40-53(41-45-55)59-31-23-32-60(54-42-46-56(47-43-54)86(4,5)6)82(59)91-70-49-69-65(48-66(70)87-63-33-16-19-36-68(63)89(57-26-11-8-12-27-57)83-78-61-29-14-20-37-73(61)92-76(78)50-71(91)80(83)87)88-64-34-17-22-39-75(64)94-84-79-62-30-15-21-38-74(62)93-77(79)51-72(81(84)88)90(69)67-35-18-13-28-58(67)52-24-9-7-10-25-52/h7-51H,1-6H3. The summed E-state index contributed by atoms with van der Waals surface area (Å²) < 4.78 is 21.8. The fraction of sp³-hybridized carbons (Fsp3) is 0.0930. The molecule has 4 aliphatic heterocycles. The van der Waals surface area contributed by atoms with Crippen molar-refractivity contribution in [2.75, 3.05) is 14.7 Å². The van der Waals surface area contributed by atoms with Gasteiger partial charge in [0.15, 0.2) is 0 Å². The molecular formula is C86H63B2N3O3. The highest BCUT2D eigenvalue weighted by Gasteiger charge is 2.50. The van der Waals surface area contributed by atoms with Crippen LogP contribution in [0.2, 0.25) is 0 Å². The molecule has 0 saturated heterocycles. The summed E-state index contributed by atoms with van der Waals surface area (Å²) in [6.45, 7) is 13.3. The summed E-state index contributed by atoms with van der Waals surface area (Å²) in [5.74, 6) is 1.66. The number of furan rings is 2. The third kappa shape index (κ3) is 7.99. The minimum atomic E-state index is -0.259. The first-order chi connectivity index (χ1) is 45.9. The van der Waals surface area contributed by atoms with Gasteiger partial charge >= 0.3 is 0 Å². The summed E-state index contributed by atoms with van der Waals surface area (Å²) in [7, 11) is 0. The van der Waals surface area contributed by atoms with Crippen LogP contribution in [0.15, 0.2) is 282 Å². The van der Waals surface area contributed by atoms with Gasteiger partial charge < -0.3 is 28.3 Å². The molecule has 0 bridgehead atoms. The van der Waals surface area contributed by atoms with Gasteiger partial charge in [-0.1, -0.05) is 254 Å². The Labute approximate surface area is 547 Å². The number of nitrogens with zero attached hydrogens (tertiary/aromatic N) is 3. The summed E-state index contributed by atoms with van der Waals surface area (Å²) in [6.07, 6.45) is 0. The highest BCUT2D eigenvalue weighted by molar-refractivity contribution is 7.03. The highest BCUT2D eigenvalue weighted by atomic mass is 16.5. The maximum absolute atomic E-state index is 7.44. The van der Waals surface area contributed by atoms with E-state index >= 15 is 0 Å². The van der Waals surface area contributed by atoms with Crippen molar-refractivity contribution >= 4 is 141 Å². The summed E-state index contributed by atoms with van der Waals surface area (Å²) in [6, 6.07) is 101. The Morgan fingerprint density at radius 3 is 1.45 bits per heavy atom. The van der Waals surface area contributed by atoms with Gasteiger partial charge in [-0.05, 0) is 120 Å². The van der Waals surface area contributed by atoms with Crippen molar-refractivity contribution in [2.45, 2.75) is 52.4 Å². The van der Waals surface area contributed by atoms with Gasteiger partial charge in [0, 0.05) is 73.7 Å². The van der Waals surface area contributed by atoms with Crippen molar-refractivity contribution in [1.82, 2.24) is 0 Å². The van der Waals surface area contributed by atoms with Gasteiger partial charge in [0.2, 0.25) is 0 Å². The van der Waals surface area contributed by atoms with Gasteiger partial charge in [-0.2, -0.15) is 0 Å². The first kappa shape index (κ1) is 54.5. The van der Waals surface area contributed by atoms with Crippen LogP contribution in [0.25, 0.3) is 77.3 Å². The molecule has 0 spiro atoms. The van der Waals surface area contributed by atoms with Crippen LogP contribution in [0.4, 0.5) is 51.2 Å². The number of para-hydroxylation sites is 7. The third-order valence-corrected chi connectivity index (χ3v) is 20.4. The van der Waals surface area contributed by atoms with Gasteiger partial charge in [0.05, 0.1) is 27.8 Å². The second-order valence-corrected chi connectivity index (χ2v) is 27.9. The quantitative estimate of drug-likeness (QED) is 0.155. The molecule has 0 fully saturated rings. The molecule has 6 nitrogen and oxygen atoms in total. The molecule has 446 valence electrons. The molecule has 0 amide bonds. The van der Waals surface area contributed by atoms with Crippen LogP contribution in [-0.4, -0.2) is 13.4 Å². The van der Waals surface area contributed by atoms with Crippen molar-refractivity contribution in [3.8, 4) is 44.9 Å². The first-order valence-electron chi connectivity index (χ1n) is 32.9. The van der Waals surface area contributed by atoms with Crippen molar-refractivity contribution in [3.05, 3.63) is 284 Å². The largest absolute Gasteiger partial charge is 0.458 e. The minimum absolute atomic E-state index is 0.0502. The number of rotatable bonds is 6. The lowest BCUT2D eigenvalue weighted by Crippen LogP contribution is -2.64. The van der Waals surface area contributed by atoms with E-state index in [0.29, 0.717) is 0 Å². The van der Waals surface area contributed by atoms with E-state index in [4.69, 9.17) is 13.6 Å². The maximum Gasteiger partial charge on any atom is 0.256 e. The zero-order valence-electron chi connectivity index (χ0n) is 53.2. The first-order valence-corrected chi connectivity index (χ1v) is 32.9. The van der Waals surface area contributed by atoms with Gasteiger partial charge in [0.1, 0.15) is 33.8 Å². The predicted octanol–water partition coefficient (Wildman–Crippen LogP) is 19.6. The average molecular weight is 1210 g/mol. The van der Waals surface area contributed by atoms with Gasteiger partial charge in [-0.25, -0.2) is 0 Å². The van der Waals surface area contributed by atoms with Crippen molar-refractivity contribution < 1.29 is 13.6 Å². The molecule has 15 aromatic rings. The molecule has 94 heavy (non-hydrogen) atoms. The highest BCUT2D eigenvalue weighted by Crippen LogP contribution is 2.56. The summed E-state index contributed by atoms with van der Waals surface area (Å²) in [5, 5.41) is 4.16. The number of hydrogen-bond acceptors (Lipinski definition) is 6. The number of hydrogen-bond donors (Lipinski definition) is 0. The monoisotopic (exact) mass is 1210 g/mol. The zero-order valence-corrected chi connectivity index (χ0v) is 53.2. The zero-order chi connectivity index (χ0) is 62.9. The van der Waals surface area contributed by atoms with E-state index in [-0.39, 0.29) is 24.3 Å². The number of fused-ring (bicyclic) bond motifs is 16. The second kappa shape index (κ2) is 20.1. The summed E-state index contributed by atoms with van der Waals surface area (Å²) in [4.78, 5) is 7.71. The van der Waals surface area contributed by atoms with Gasteiger partial charge in [0.25, 0.3) is 13.4 Å². The molecule has 0 unspecified atom stereocenters. The number of ether oxygens (including phenoxy) is 1. The molecule has 13 aromatic carbocycles. The van der Waals surface area contributed by atoms with Gasteiger partial charge in [-0.3, -0.25) is 0 Å². The molecule has 2 aromatic heterocycles. The summed E-state index contributed by atoms with van der Waals surface area (Å²) in [5.41, 5.74) is 29.1. The molecule has 4 aliphatic rings. The Hall–Kier alpha value is -11.2. The topological polar surface area (TPSA) is 45.2 Å². The molecule has 19 rings (SSSR count). The fourth-order valence-corrected chi connectivity index (χ4v) is 16.1. The third-order valence-electron chi connectivity index (χ3n) is 20.4. The fourth-order valence-electron chi connectivity index (χ4n) is 16.1. The molecular weight excluding hydrogens is 1140 g/mol. The Kier molecular flexibility index (Phi) is 11.7. The van der Waals surface area contributed by atoms with Crippen LogP contribution in [0, 0.1) is 0 Å². The lowest BCUT2D eigenvalue weighted by Gasteiger charge is -2.47. The molecule has 0 atom stereocenters. The van der Waals surface area contributed by atoms with Crippen LogP contribution >= 0.6 is 0 Å². The van der Waals surface area contributed by atoms with Crippen LogP contribution in [-0.2, 0) is 10.8 Å². The molecule has 8 heteroatoms. The van der Waals surface area contributed by atoms with E-state index in [0.717, 1.165) is 151 Å². The molecule has 0 aliphatic carbocycles. The Bertz CT molecular complexity index is 5570. The minimum Gasteiger partial charge on any atom is -0.458 e. The van der Waals surface area contributed by atoms with Crippen molar-refractivity contribution in [2.24, 2.45) is 0 Å². The average Bonchev–Trinajstić information content (AvgIpc) is 0.936. The van der Waals surface area contributed by atoms with E-state index in [1.165, 1.54) is 33.0 Å². The number of benzene rings is 13. The molecule has 0 N–H and O–H groups in total. The van der Waals surface area contributed by atoms with E-state index in [9.17, 15) is 0 Å². The number of anilines is 9. The van der Waals surface area contributed by atoms with Crippen LogP contribution in [0.1, 0.15) is 52.7 Å². The maximum atomic E-state index is 7.44. The van der Waals surface area contributed by atoms with Crippen LogP contribution < -0.4 is 52.2 Å². The second-order valence-electron chi connectivity index (χ2n) is 27.9. The Morgan fingerprint density at radius 1 is 0.309 bits per heavy atom. The Balaban J connectivity index is 1.00. The van der Waals surface area contributed by atoms with Crippen LogP contribution in [0.3, 0.4) is 0 Å². The van der Waals surface area contributed by atoms with Crippen LogP contribution in [0.5, 0.6) is 11.5 Å². The molecule has 0 radical (unpaired) electrons. The van der Waals surface area contributed by atoms with E-state index < -0.39 is 0 Å². The van der Waals surface area contributed by atoms with Crippen molar-refractivity contribution in [3.63, 3.8) is 0 Å². The predicted molar refractivity (Wildman–Crippen MR) is 395 cm³/mol. The molecule has 0 saturated carbocycles.